The van der Waals surface area contributed by atoms with Crippen molar-refractivity contribution in [2.45, 2.75) is 13.0 Å². The number of hydrogen-bond acceptors (Lipinski definition) is 5. The molecule has 0 aliphatic heterocycles. The third-order valence-corrected chi connectivity index (χ3v) is 3.30. The van der Waals surface area contributed by atoms with Crippen LogP contribution in [0.2, 0.25) is 0 Å². The van der Waals surface area contributed by atoms with E-state index in [9.17, 15) is 4.79 Å². The number of nitrogens with zero attached hydrogens (tertiary/aromatic N) is 1. The fourth-order valence-corrected chi connectivity index (χ4v) is 2.06. The molecule has 2 rings (SSSR count). The van der Waals surface area contributed by atoms with Crippen LogP contribution >= 0.6 is 0 Å². The van der Waals surface area contributed by atoms with Gasteiger partial charge >= 0.3 is 0 Å². The number of benzene rings is 1. The summed E-state index contributed by atoms with van der Waals surface area (Å²) in [4.78, 5) is 15.8. The van der Waals surface area contributed by atoms with E-state index in [1.54, 1.807) is 26.6 Å². The molecular weight excluding hydrogens is 294 g/mol. The number of anilines is 1. The first kappa shape index (κ1) is 16.6. The van der Waals surface area contributed by atoms with Gasteiger partial charge in [-0.05, 0) is 29.8 Å². The van der Waals surface area contributed by atoms with Gasteiger partial charge in [0, 0.05) is 43.7 Å². The minimum absolute atomic E-state index is 0.00483. The summed E-state index contributed by atoms with van der Waals surface area (Å²) in [6.07, 6.45) is 3.81. The summed E-state index contributed by atoms with van der Waals surface area (Å²) in [5.41, 5.74) is 1.91. The van der Waals surface area contributed by atoms with Crippen molar-refractivity contribution in [3.8, 4) is 11.5 Å². The molecule has 0 saturated carbocycles. The molecule has 0 fully saturated rings. The minimum atomic E-state index is -0.00483. The molecule has 1 amide bonds. The van der Waals surface area contributed by atoms with E-state index in [0.29, 0.717) is 31.0 Å². The largest absolute Gasteiger partial charge is 0.493 e. The Morgan fingerprint density at radius 1 is 1.09 bits per heavy atom. The molecular formula is C17H21N3O3. The normalized spacial score (nSPS) is 10.0. The van der Waals surface area contributed by atoms with Crippen LogP contribution in [0.15, 0.2) is 42.7 Å². The standard InChI is InChI=1S/C17H21N3O3/c1-22-15-4-3-14(11-16(15)23-2)19-10-7-17(21)20-12-13-5-8-18-9-6-13/h3-6,8-9,11,19H,7,10,12H2,1-2H3,(H,20,21). The molecule has 6 heteroatoms. The summed E-state index contributed by atoms with van der Waals surface area (Å²) >= 11 is 0. The van der Waals surface area contributed by atoms with Crippen LogP contribution in [0, 0.1) is 0 Å². The number of ether oxygens (including phenoxy) is 2. The van der Waals surface area contributed by atoms with E-state index >= 15 is 0 Å². The zero-order valence-electron chi connectivity index (χ0n) is 13.3. The molecule has 1 aromatic heterocycles. The number of carbonyl (C=O) groups is 1. The highest BCUT2D eigenvalue weighted by molar-refractivity contribution is 5.76. The number of nitrogens with one attached hydrogen (secondary N) is 2. The second-order valence-electron chi connectivity index (χ2n) is 4.88. The van der Waals surface area contributed by atoms with Crippen LogP contribution in [0.1, 0.15) is 12.0 Å². The summed E-state index contributed by atoms with van der Waals surface area (Å²) in [5.74, 6) is 1.32. The maximum Gasteiger partial charge on any atom is 0.222 e. The van der Waals surface area contributed by atoms with E-state index in [4.69, 9.17) is 9.47 Å². The average Bonchev–Trinajstić information content (AvgIpc) is 2.60. The molecule has 2 N–H and O–H groups in total. The van der Waals surface area contributed by atoms with Gasteiger partial charge in [-0.15, -0.1) is 0 Å². The lowest BCUT2D eigenvalue weighted by molar-refractivity contribution is -0.121. The number of amides is 1. The van der Waals surface area contributed by atoms with E-state index in [2.05, 4.69) is 15.6 Å². The average molecular weight is 315 g/mol. The van der Waals surface area contributed by atoms with E-state index in [0.717, 1.165) is 11.3 Å². The van der Waals surface area contributed by atoms with Crippen molar-refractivity contribution in [2.24, 2.45) is 0 Å². The second kappa shape index (κ2) is 8.63. The molecule has 1 aromatic carbocycles. The van der Waals surface area contributed by atoms with Crippen LogP contribution in [0.5, 0.6) is 11.5 Å². The molecule has 2 aromatic rings. The van der Waals surface area contributed by atoms with Gasteiger partial charge in [-0.25, -0.2) is 0 Å². The van der Waals surface area contributed by atoms with Gasteiger partial charge in [0.05, 0.1) is 14.2 Å². The van der Waals surface area contributed by atoms with Crippen molar-refractivity contribution in [1.82, 2.24) is 10.3 Å². The summed E-state index contributed by atoms with van der Waals surface area (Å²) in [6, 6.07) is 9.30. The first-order chi connectivity index (χ1) is 11.2. The number of hydrogen-bond donors (Lipinski definition) is 2. The Balaban J connectivity index is 1.75. The third-order valence-electron chi connectivity index (χ3n) is 3.30. The van der Waals surface area contributed by atoms with Gasteiger partial charge in [0.15, 0.2) is 11.5 Å². The van der Waals surface area contributed by atoms with Crippen molar-refractivity contribution in [3.63, 3.8) is 0 Å². The monoisotopic (exact) mass is 315 g/mol. The topological polar surface area (TPSA) is 72.5 Å². The quantitative estimate of drug-likeness (QED) is 0.781. The molecule has 6 nitrogen and oxygen atoms in total. The van der Waals surface area contributed by atoms with Crippen LogP contribution in [0.4, 0.5) is 5.69 Å². The summed E-state index contributed by atoms with van der Waals surface area (Å²) in [5, 5.41) is 6.07. The Morgan fingerprint density at radius 2 is 1.83 bits per heavy atom. The summed E-state index contributed by atoms with van der Waals surface area (Å²) in [6.45, 7) is 1.05. The molecule has 0 atom stereocenters. The smallest absolute Gasteiger partial charge is 0.222 e. The van der Waals surface area contributed by atoms with Crippen LogP contribution in [0.3, 0.4) is 0 Å². The number of aromatic nitrogens is 1. The second-order valence-corrected chi connectivity index (χ2v) is 4.88. The lowest BCUT2D eigenvalue weighted by Gasteiger charge is -2.11. The minimum Gasteiger partial charge on any atom is -0.493 e. The van der Waals surface area contributed by atoms with E-state index < -0.39 is 0 Å². The molecule has 0 radical (unpaired) electrons. The fourth-order valence-electron chi connectivity index (χ4n) is 2.06. The zero-order valence-corrected chi connectivity index (χ0v) is 13.3. The Kier molecular flexibility index (Phi) is 6.23. The Hall–Kier alpha value is -2.76. The predicted molar refractivity (Wildman–Crippen MR) is 88.7 cm³/mol. The third kappa shape index (κ3) is 5.18. The van der Waals surface area contributed by atoms with E-state index in [1.807, 2.05) is 30.3 Å². The SMILES string of the molecule is COc1ccc(NCCC(=O)NCc2ccncc2)cc1OC. The van der Waals surface area contributed by atoms with Gasteiger partial charge in [-0.1, -0.05) is 0 Å². The van der Waals surface area contributed by atoms with Gasteiger partial charge < -0.3 is 20.1 Å². The lowest BCUT2D eigenvalue weighted by atomic mass is 10.2. The fraction of sp³-hybridized carbons (Fsp3) is 0.294. The van der Waals surface area contributed by atoms with E-state index in [-0.39, 0.29) is 5.91 Å². The summed E-state index contributed by atoms with van der Waals surface area (Å²) in [7, 11) is 3.19. The summed E-state index contributed by atoms with van der Waals surface area (Å²) < 4.78 is 10.4. The zero-order chi connectivity index (χ0) is 16.5. The molecule has 0 saturated heterocycles. The molecule has 0 unspecified atom stereocenters. The molecule has 122 valence electrons. The Bertz CT molecular complexity index is 632. The van der Waals surface area contributed by atoms with E-state index in [1.165, 1.54) is 0 Å². The highest BCUT2D eigenvalue weighted by atomic mass is 16.5. The van der Waals surface area contributed by atoms with Crippen molar-refractivity contribution in [3.05, 3.63) is 48.3 Å². The molecule has 0 spiro atoms. The number of methoxy groups -OCH3 is 2. The number of carbonyl (C=O) groups excluding carboxylic acids is 1. The maximum absolute atomic E-state index is 11.8. The van der Waals surface area contributed by atoms with Crippen molar-refractivity contribution >= 4 is 11.6 Å². The van der Waals surface area contributed by atoms with Crippen molar-refractivity contribution in [1.29, 1.82) is 0 Å². The van der Waals surface area contributed by atoms with Crippen molar-refractivity contribution in [2.75, 3.05) is 26.1 Å². The van der Waals surface area contributed by atoms with Crippen LogP contribution in [-0.2, 0) is 11.3 Å². The first-order valence-corrected chi connectivity index (χ1v) is 7.34. The molecule has 1 heterocycles. The van der Waals surface area contributed by atoms with Gasteiger partial charge in [0.25, 0.3) is 0 Å². The van der Waals surface area contributed by atoms with Crippen LogP contribution < -0.4 is 20.1 Å². The van der Waals surface area contributed by atoms with Crippen molar-refractivity contribution < 1.29 is 14.3 Å². The Labute approximate surface area is 135 Å². The van der Waals surface area contributed by atoms with Crippen LogP contribution in [0.25, 0.3) is 0 Å². The van der Waals surface area contributed by atoms with Gasteiger partial charge in [0.2, 0.25) is 5.91 Å². The molecule has 0 aliphatic rings. The van der Waals surface area contributed by atoms with Gasteiger partial charge in [-0.2, -0.15) is 0 Å². The predicted octanol–water partition coefficient (Wildman–Crippen LogP) is 2.22. The molecule has 0 bridgehead atoms. The molecule has 23 heavy (non-hydrogen) atoms. The highest BCUT2D eigenvalue weighted by Gasteiger charge is 2.05. The Morgan fingerprint density at radius 3 is 2.52 bits per heavy atom. The van der Waals surface area contributed by atoms with Crippen LogP contribution in [-0.4, -0.2) is 31.7 Å². The lowest BCUT2D eigenvalue weighted by Crippen LogP contribution is -2.24. The maximum atomic E-state index is 11.8. The number of rotatable bonds is 8. The van der Waals surface area contributed by atoms with Gasteiger partial charge in [0.1, 0.15) is 0 Å². The highest BCUT2D eigenvalue weighted by Crippen LogP contribution is 2.29. The molecule has 0 aliphatic carbocycles. The first-order valence-electron chi connectivity index (χ1n) is 7.34. The number of pyridine rings is 1. The van der Waals surface area contributed by atoms with Gasteiger partial charge in [-0.3, -0.25) is 9.78 Å².